The highest BCUT2D eigenvalue weighted by atomic mass is 32.1. The number of amides is 2. The highest BCUT2D eigenvalue weighted by Crippen LogP contribution is 2.11. The molecular weight excluding hydrogens is 282 g/mol. The molecule has 3 rings (SSSR count). The van der Waals surface area contributed by atoms with Gasteiger partial charge in [0.05, 0.1) is 0 Å². The molecule has 2 heterocycles. The van der Waals surface area contributed by atoms with E-state index < -0.39 is 0 Å². The van der Waals surface area contributed by atoms with Gasteiger partial charge in [0, 0.05) is 30.4 Å². The first kappa shape index (κ1) is 14.1. The normalized spacial score (nSPS) is 15.7. The molecule has 0 aliphatic carbocycles. The zero-order valence-corrected chi connectivity index (χ0v) is 13.0. The number of benzene rings is 1. The van der Waals surface area contributed by atoms with Crippen molar-refractivity contribution in [2.24, 2.45) is 4.99 Å². The quantitative estimate of drug-likeness (QED) is 0.839. The number of hydrogen-bond donors (Lipinski definition) is 0. The maximum atomic E-state index is 12.1. The van der Waals surface area contributed by atoms with Crippen molar-refractivity contribution in [1.29, 1.82) is 0 Å². The monoisotopic (exact) mass is 301 g/mol. The van der Waals surface area contributed by atoms with E-state index in [4.69, 9.17) is 0 Å². The topological polar surface area (TPSA) is 37.6 Å². The number of aryl methyl sites for hydroxylation is 1. The van der Waals surface area contributed by atoms with Crippen molar-refractivity contribution in [3.05, 3.63) is 46.2 Å². The van der Waals surface area contributed by atoms with Crippen molar-refractivity contribution in [2.45, 2.75) is 26.2 Å². The molecule has 1 aliphatic rings. The van der Waals surface area contributed by atoms with Gasteiger partial charge in [-0.1, -0.05) is 19.1 Å². The molecule has 1 aromatic carbocycles. The Bertz CT molecular complexity index is 678. The van der Waals surface area contributed by atoms with E-state index in [2.05, 4.69) is 36.2 Å². The molecule has 0 N–H and O–H groups in total. The maximum absolute atomic E-state index is 12.1. The minimum absolute atomic E-state index is 0.117. The number of aromatic nitrogens is 1. The number of nitrogens with zero attached hydrogens (tertiary/aromatic N) is 3. The van der Waals surface area contributed by atoms with Gasteiger partial charge in [0.1, 0.15) is 0 Å². The Kier molecular flexibility index (Phi) is 4.20. The lowest BCUT2D eigenvalue weighted by molar-refractivity contribution is 0.218. The fraction of sp³-hybridized carbons (Fsp3) is 0.375. The summed E-state index contributed by atoms with van der Waals surface area (Å²) in [4.78, 5) is 19.0. The van der Waals surface area contributed by atoms with E-state index in [1.165, 1.54) is 16.9 Å². The Labute approximate surface area is 128 Å². The molecule has 2 aromatic rings. The first-order valence-corrected chi connectivity index (χ1v) is 8.25. The third kappa shape index (κ3) is 3.08. The Morgan fingerprint density at radius 2 is 1.95 bits per heavy atom. The van der Waals surface area contributed by atoms with Gasteiger partial charge in [-0.3, -0.25) is 4.57 Å². The van der Waals surface area contributed by atoms with E-state index in [1.54, 1.807) is 0 Å². The molecule has 4 nitrogen and oxygen atoms in total. The van der Waals surface area contributed by atoms with Crippen LogP contribution in [-0.2, 0) is 6.42 Å². The van der Waals surface area contributed by atoms with E-state index in [9.17, 15) is 4.79 Å². The minimum Gasteiger partial charge on any atom is -0.323 e. The molecule has 1 saturated heterocycles. The number of thiazole rings is 1. The molecule has 1 aromatic heterocycles. The van der Waals surface area contributed by atoms with Crippen LogP contribution in [0.25, 0.3) is 5.69 Å². The van der Waals surface area contributed by atoms with Crippen molar-refractivity contribution in [3.63, 3.8) is 0 Å². The van der Waals surface area contributed by atoms with Crippen LogP contribution in [0.15, 0.2) is 40.8 Å². The van der Waals surface area contributed by atoms with Crippen LogP contribution in [0.2, 0.25) is 0 Å². The first-order chi connectivity index (χ1) is 10.3. The van der Waals surface area contributed by atoms with Crippen molar-refractivity contribution >= 4 is 17.4 Å². The number of carbonyl (C=O) groups excluding carboxylic acids is 1. The lowest BCUT2D eigenvalue weighted by atomic mass is 10.1. The van der Waals surface area contributed by atoms with Gasteiger partial charge in [0.25, 0.3) is 0 Å². The molecule has 0 unspecified atom stereocenters. The number of likely N-dealkylation sites (tertiary alicyclic amines) is 1. The van der Waals surface area contributed by atoms with Crippen LogP contribution in [0, 0.1) is 0 Å². The van der Waals surface area contributed by atoms with Crippen molar-refractivity contribution in [2.75, 3.05) is 13.1 Å². The van der Waals surface area contributed by atoms with Crippen LogP contribution in [0.3, 0.4) is 0 Å². The SMILES string of the molecule is CCc1ccc(-n2ccsc2=NC(=O)N2CCCC2)cc1. The van der Waals surface area contributed by atoms with Crippen molar-refractivity contribution in [3.8, 4) is 5.69 Å². The number of hydrogen-bond acceptors (Lipinski definition) is 2. The molecule has 0 radical (unpaired) electrons. The highest BCUT2D eigenvalue weighted by Gasteiger charge is 2.17. The van der Waals surface area contributed by atoms with E-state index in [1.807, 2.05) is 21.0 Å². The molecule has 1 fully saturated rings. The number of rotatable bonds is 2. The van der Waals surface area contributed by atoms with Gasteiger partial charge in [0.15, 0.2) is 4.80 Å². The second-order valence-electron chi connectivity index (χ2n) is 5.16. The zero-order chi connectivity index (χ0) is 14.7. The summed E-state index contributed by atoms with van der Waals surface area (Å²) in [6.45, 7) is 3.81. The Morgan fingerprint density at radius 1 is 1.24 bits per heavy atom. The van der Waals surface area contributed by atoms with Crippen LogP contribution >= 0.6 is 11.3 Å². The fourth-order valence-electron chi connectivity index (χ4n) is 2.50. The first-order valence-electron chi connectivity index (χ1n) is 7.37. The van der Waals surface area contributed by atoms with E-state index in [-0.39, 0.29) is 6.03 Å². The van der Waals surface area contributed by atoms with Gasteiger partial charge in [0.2, 0.25) is 0 Å². The summed E-state index contributed by atoms with van der Waals surface area (Å²) in [5, 5.41) is 1.96. The van der Waals surface area contributed by atoms with Gasteiger partial charge in [-0.25, -0.2) is 4.79 Å². The third-order valence-corrected chi connectivity index (χ3v) is 4.54. The van der Waals surface area contributed by atoms with Gasteiger partial charge >= 0.3 is 6.03 Å². The van der Waals surface area contributed by atoms with Crippen LogP contribution < -0.4 is 4.80 Å². The largest absolute Gasteiger partial charge is 0.346 e. The minimum atomic E-state index is -0.117. The Balaban J connectivity index is 1.90. The molecule has 2 amide bonds. The predicted octanol–water partition coefficient (Wildman–Crippen LogP) is 3.22. The number of urea groups is 1. The Morgan fingerprint density at radius 3 is 2.62 bits per heavy atom. The molecule has 1 aliphatic heterocycles. The van der Waals surface area contributed by atoms with E-state index in [0.717, 1.165) is 42.8 Å². The van der Waals surface area contributed by atoms with Gasteiger partial charge < -0.3 is 4.90 Å². The molecule has 110 valence electrons. The second kappa shape index (κ2) is 6.26. The highest BCUT2D eigenvalue weighted by molar-refractivity contribution is 7.07. The molecule has 0 bridgehead atoms. The van der Waals surface area contributed by atoms with Crippen LogP contribution in [0.1, 0.15) is 25.3 Å². The van der Waals surface area contributed by atoms with Crippen LogP contribution in [0.5, 0.6) is 0 Å². The molecular formula is C16H19N3OS. The predicted molar refractivity (Wildman–Crippen MR) is 84.8 cm³/mol. The molecule has 5 heteroatoms. The average Bonchev–Trinajstić information content (AvgIpc) is 3.19. The van der Waals surface area contributed by atoms with Gasteiger partial charge in [-0.2, -0.15) is 4.99 Å². The lowest BCUT2D eigenvalue weighted by Gasteiger charge is -2.10. The maximum Gasteiger partial charge on any atom is 0.346 e. The molecule has 0 saturated carbocycles. The average molecular weight is 301 g/mol. The zero-order valence-electron chi connectivity index (χ0n) is 12.2. The summed E-state index contributed by atoms with van der Waals surface area (Å²) < 4.78 is 1.97. The molecule has 21 heavy (non-hydrogen) atoms. The van der Waals surface area contributed by atoms with E-state index in [0.29, 0.717) is 0 Å². The number of carbonyl (C=O) groups is 1. The second-order valence-corrected chi connectivity index (χ2v) is 6.04. The Hall–Kier alpha value is -1.88. The van der Waals surface area contributed by atoms with Crippen LogP contribution in [-0.4, -0.2) is 28.6 Å². The summed E-state index contributed by atoms with van der Waals surface area (Å²) in [5.74, 6) is 0. The van der Waals surface area contributed by atoms with Crippen molar-refractivity contribution < 1.29 is 4.79 Å². The summed E-state index contributed by atoms with van der Waals surface area (Å²) in [6.07, 6.45) is 5.16. The third-order valence-electron chi connectivity index (χ3n) is 3.78. The molecule has 0 spiro atoms. The fourth-order valence-corrected chi connectivity index (χ4v) is 3.22. The van der Waals surface area contributed by atoms with Crippen molar-refractivity contribution in [1.82, 2.24) is 9.47 Å². The van der Waals surface area contributed by atoms with E-state index >= 15 is 0 Å². The van der Waals surface area contributed by atoms with Gasteiger partial charge in [-0.05, 0) is 37.0 Å². The summed E-state index contributed by atoms with van der Waals surface area (Å²) >= 11 is 1.49. The van der Waals surface area contributed by atoms with Crippen LogP contribution in [0.4, 0.5) is 4.79 Å². The summed E-state index contributed by atoms with van der Waals surface area (Å²) in [6, 6.07) is 8.27. The summed E-state index contributed by atoms with van der Waals surface area (Å²) in [5.41, 5.74) is 2.35. The smallest absolute Gasteiger partial charge is 0.323 e. The van der Waals surface area contributed by atoms with Gasteiger partial charge in [-0.15, -0.1) is 11.3 Å². The standard InChI is InChI=1S/C16H19N3OS/c1-2-13-5-7-14(8-6-13)19-11-12-21-16(19)17-15(20)18-9-3-4-10-18/h5-8,11-12H,2-4,9-10H2,1H3. The molecule has 0 atom stereocenters. The summed E-state index contributed by atoms with van der Waals surface area (Å²) in [7, 11) is 0. The lowest BCUT2D eigenvalue weighted by Crippen LogP contribution is -2.27.